The highest BCUT2D eigenvalue weighted by atomic mass is 19.1. The molecule has 1 aromatic heterocycles. The first-order chi connectivity index (χ1) is 11.5. The summed E-state index contributed by atoms with van der Waals surface area (Å²) in [6, 6.07) is 11.9. The minimum absolute atomic E-state index is 0.135. The van der Waals surface area contributed by atoms with Gasteiger partial charge in [0.1, 0.15) is 17.7 Å². The summed E-state index contributed by atoms with van der Waals surface area (Å²) in [6.07, 6.45) is -0.153. The fraction of sp³-hybridized carbons (Fsp3) is 0.333. The molecule has 1 aliphatic rings. The van der Waals surface area contributed by atoms with Gasteiger partial charge in [-0.2, -0.15) is 5.26 Å². The maximum Gasteiger partial charge on any atom is 0.322 e. The summed E-state index contributed by atoms with van der Waals surface area (Å²) in [7, 11) is 0. The van der Waals surface area contributed by atoms with E-state index in [1.807, 2.05) is 25.1 Å². The van der Waals surface area contributed by atoms with Crippen LogP contribution in [0.1, 0.15) is 29.9 Å². The Morgan fingerprint density at radius 1 is 1.33 bits per heavy atom. The number of nitrogens with zero attached hydrogens (tertiary/aromatic N) is 2. The Morgan fingerprint density at radius 2 is 2.04 bits per heavy atom. The largest absolute Gasteiger partial charge is 0.464 e. The number of alkyl halides is 1. The van der Waals surface area contributed by atoms with E-state index in [1.54, 1.807) is 29.2 Å². The molecule has 1 saturated carbocycles. The zero-order valence-corrected chi connectivity index (χ0v) is 13.3. The molecule has 0 atom stereocenters. The Kier molecular flexibility index (Phi) is 4.52. The molecule has 1 N–H and O–H groups in total. The molecule has 1 aromatic carbocycles. The van der Waals surface area contributed by atoms with Gasteiger partial charge in [0.05, 0.1) is 18.2 Å². The molecule has 0 radical (unpaired) electrons. The molecule has 3 rings (SSSR count). The number of urea groups is 1. The number of halogens is 1. The van der Waals surface area contributed by atoms with Gasteiger partial charge in [0.2, 0.25) is 0 Å². The van der Waals surface area contributed by atoms with E-state index in [9.17, 15) is 9.18 Å². The molecule has 6 heteroatoms. The van der Waals surface area contributed by atoms with E-state index < -0.39 is 6.17 Å². The molecule has 1 aliphatic carbocycles. The first kappa shape index (κ1) is 16.1. The van der Waals surface area contributed by atoms with Gasteiger partial charge in [-0.15, -0.1) is 0 Å². The van der Waals surface area contributed by atoms with Crippen LogP contribution in [0.5, 0.6) is 0 Å². The maximum absolute atomic E-state index is 13.2. The molecule has 2 aromatic rings. The lowest BCUT2D eigenvalue weighted by Gasteiger charge is -2.39. The number of hydrogen-bond donors (Lipinski definition) is 1. The van der Waals surface area contributed by atoms with Crippen molar-refractivity contribution < 1.29 is 13.6 Å². The first-order valence-corrected chi connectivity index (χ1v) is 7.82. The lowest BCUT2D eigenvalue weighted by molar-refractivity contribution is 0.0711. The first-order valence-electron chi connectivity index (χ1n) is 7.82. The van der Waals surface area contributed by atoms with Crippen LogP contribution >= 0.6 is 0 Å². The Morgan fingerprint density at radius 3 is 2.58 bits per heavy atom. The number of amides is 2. The fourth-order valence-corrected chi connectivity index (χ4v) is 2.70. The SMILES string of the molecule is Cc1ccc(CN(C(=O)Nc2ccc(C#N)cc2)[C@H]2C[C@H](F)C2)o1. The molecule has 2 amide bonds. The van der Waals surface area contributed by atoms with Gasteiger partial charge < -0.3 is 14.6 Å². The summed E-state index contributed by atoms with van der Waals surface area (Å²) < 4.78 is 18.8. The van der Waals surface area contributed by atoms with Crippen LogP contribution in [0.3, 0.4) is 0 Å². The highest BCUT2D eigenvalue weighted by Gasteiger charge is 2.36. The van der Waals surface area contributed by atoms with Crippen LogP contribution < -0.4 is 5.32 Å². The second kappa shape index (κ2) is 6.75. The van der Waals surface area contributed by atoms with Crippen LogP contribution in [-0.2, 0) is 6.54 Å². The average Bonchev–Trinajstić information content (AvgIpc) is 2.96. The van der Waals surface area contributed by atoms with Crippen molar-refractivity contribution in [2.75, 3.05) is 5.32 Å². The van der Waals surface area contributed by atoms with Crippen LogP contribution in [0.15, 0.2) is 40.8 Å². The van der Waals surface area contributed by atoms with Gasteiger partial charge in [0, 0.05) is 11.7 Å². The van der Waals surface area contributed by atoms with E-state index in [0.29, 0.717) is 36.4 Å². The van der Waals surface area contributed by atoms with Gasteiger partial charge in [0.25, 0.3) is 0 Å². The second-order valence-electron chi connectivity index (χ2n) is 5.98. The van der Waals surface area contributed by atoms with Crippen molar-refractivity contribution in [1.29, 1.82) is 5.26 Å². The van der Waals surface area contributed by atoms with Crippen molar-refractivity contribution >= 4 is 11.7 Å². The Bertz CT molecular complexity index is 757. The average molecular weight is 327 g/mol. The van der Waals surface area contributed by atoms with Gasteiger partial charge in [0.15, 0.2) is 0 Å². The number of anilines is 1. The molecule has 0 spiro atoms. The van der Waals surface area contributed by atoms with Crippen LogP contribution in [0.2, 0.25) is 0 Å². The number of aryl methyl sites for hydroxylation is 1. The van der Waals surface area contributed by atoms with Crippen molar-refractivity contribution in [3.05, 3.63) is 53.5 Å². The molecule has 24 heavy (non-hydrogen) atoms. The van der Waals surface area contributed by atoms with Crippen LogP contribution in [0.4, 0.5) is 14.9 Å². The summed E-state index contributed by atoms with van der Waals surface area (Å²) in [5.41, 5.74) is 1.12. The minimum Gasteiger partial charge on any atom is -0.464 e. The zero-order valence-electron chi connectivity index (χ0n) is 13.3. The van der Waals surface area contributed by atoms with Gasteiger partial charge in [-0.3, -0.25) is 0 Å². The van der Waals surface area contributed by atoms with Crippen molar-refractivity contribution in [3.8, 4) is 6.07 Å². The molecule has 1 heterocycles. The highest BCUT2D eigenvalue weighted by molar-refractivity contribution is 5.89. The topological polar surface area (TPSA) is 69.3 Å². The lowest BCUT2D eigenvalue weighted by Crippen LogP contribution is -2.49. The lowest BCUT2D eigenvalue weighted by atomic mass is 9.89. The smallest absolute Gasteiger partial charge is 0.322 e. The van der Waals surface area contributed by atoms with Crippen molar-refractivity contribution in [1.82, 2.24) is 4.90 Å². The van der Waals surface area contributed by atoms with Crippen LogP contribution in [0, 0.1) is 18.3 Å². The summed E-state index contributed by atoms with van der Waals surface area (Å²) in [4.78, 5) is 14.2. The normalized spacial score (nSPS) is 19.2. The number of nitrogens with one attached hydrogen (secondary N) is 1. The van der Waals surface area contributed by atoms with Gasteiger partial charge >= 0.3 is 6.03 Å². The summed E-state index contributed by atoms with van der Waals surface area (Å²) in [5.74, 6) is 1.44. The molecule has 0 saturated heterocycles. The molecular weight excluding hydrogens is 309 g/mol. The number of carbonyl (C=O) groups is 1. The van der Waals surface area contributed by atoms with E-state index in [4.69, 9.17) is 9.68 Å². The standard InChI is InChI=1S/C18H18FN3O2/c1-12-2-7-17(24-12)11-22(16-8-14(19)9-16)18(23)21-15-5-3-13(10-20)4-6-15/h2-7,14,16H,8-9,11H2,1H3,(H,21,23)/t14-,16-. The fourth-order valence-electron chi connectivity index (χ4n) is 2.70. The molecule has 1 fully saturated rings. The third-order valence-corrected chi connectivity index (χ3v) is 4.14. The van der Waals surface area contributed by atoms with E-state index >= 15 is 0 Å². The number of hydrogen-bond acceptors (Lipinski definition) is 3. The number of nitriles is 1. The van der Waals surface area contributed by atoms with E-state index in [2.05, 4.69) is 5.32 Å². The maximum atomic E-state index is 13.2. The monoisotopic (exact) mass is 327 g/mol. The van der Waals surface area contributed by atoms with Crippen molar-refractivity contribution in [3.63, 3.8) is 0 Å². The van der Waals surface area contributed by atoms with Crippen LogP contribution in [0.25, 0.3) is 0 Å². The number of carbonyl (C=O) groups excluding carboxylic acids is 1. The summed E-state index contributed by atoms with van der Waals surface area (Å²) in [5, 5.41) is 11.6. The molecule has 124 valence electrons. The Balaban J connectivity index is 1.71. The molecule has 0 bridgehead atoms. The van der Waals surface area contributed by atoms with Gasteiger partial charge in [-0.1, -0.05) is 0 Å². The van der Waals surface area contributed by atoms with Gasteiger partial charge in [-0.25, -0.2) is 9.18 Å². The molecule has 5 nitrogen and oxygen atoms in total. The quantitative estimate of drug-likeness (QED) is 0.923. The van der Waals surface area contributed by atoms with Crippen molar-refractivity contribution in [2.24, 2.45) is 0 Å². The van der Waals surface area contributed by atoms with E-state index in [0.717, 1.165) is 5.76 Å². The summed E-state index contributed by atoms with van der Waals surface area (Å²) >= 11 is 0. The van der Waals surface area contributed by atoms with Gasteiger partial charge in [-0.05, 0) is 56.2 Å². The predicted octanol–water partition coefficient (Wildman–Crippen LogP) is 3.99. The Hall–Kier alpha value is -2.81. The molecule has 0 unspecified atom stereocenters. The molecule has 0 aliphatic heterocycles. The third-order valence-electron chi connectivity index (χ3n) is 4.14. The van der Waals surface area contributed by atoms with E-state index in [-0.39, 0.29) is 12.1 Å². The number of benzene rings is 1. The third kappa shape index (κ3) is 3.57. The predicted molar refractivity (Wildman–Crippen MR) is 87.1 cm³/mol. The van der Waals surface area contributed by atoms with Crippen molar-refractivity contribution in [2.45, 2.75) is 38.5 Å². The van der Waals surface area contributed by atoms with Crippen LogP contribution in [-0.4, -0.2) is 23.1 Å². The molecular formula is C18H18FN3O2. The summed E-state index contributed by atoms with van der Waals surface area (Å²) in [6.45, 7) is 2.14. The highest BCUT2D eigenvalue weighted by Crippen LogP contribution is 2.30. The van der Waals surface area contributed by atoms with E-state index in [1.165, 1.54) is 0 Å². The number of rotatable bonds is 4. The number of furan rings is 1. The minimum atomic E-state index is -0.849. The Labute approximate surface area is 139 Å². The zero-order chi connectivity index (χ0) is 17.1. The second-order valence-corrected chi connectivity index (χ2v) is 5.98.